The SMILES string of the molecule is COc1ccc(OC)c(C(CN)NCc2cccs2)c1. The second-order valence-electron chi connectivity index (χ2n) is 4.36. The molecular formula is C15H20N2O2S. The van der Waals surface area contributed by atoms with Gasteiger partial charge in [-0.3, -0.25) is 0 Å². The third kappa shape index (κ3) is 3.50. The van der Waals surface area contributed by atoms with Crippen molar-refractivity contribution in [1.29, 1.82) is 0 Å². The maximum absolute atomic E-state index is 5.90. The second-order valence-corrected chi connectivity index (χ2v) is 5.39. The van der Waals surface area contributed by atoms with Gasteiger partial charge in [0.25, 0.3) is 0 Å². The molecule has 108 valence electrons. The summed E-state index contributed by atoms with van der Waals surface area (Å²) in [5.74, 6) is 1.62. The molecule has 0 aliphatic heterocycles. The van der Waals surface area contributed by atoms with E-state index < -0.39 is 0 Å². The van der Waals surface area contributed by atoms with Crippen molar-refractivity contribution in [2.75, 3.05) is 20.8 Å². The fourth-order valence-corrected chi connectivity index (χ4v) is 2.72. The quantitative estimate of drug-likeness (QED) is 0.823. The lowest BCUT2D eigenvalue weighted by Gasteiger charge is -2.20. The minimum absolute atomic E-state index is 0.0298. The van der Waals surface area contributed by atoms with Crippen molar-refractivity contribution in [2.24, 2.45) is 5.73 Å². The molecule has 0 radical (unpaired) electrons. The Bertz CT molecular complexity index is 529. The zero-order valence-electron chi connectivity index (χ0n) is 11.8. The summed E-state index contributed by atoms with van der Waals surface area (Å²) in [6.07, 6.45) is 0. The molecule has 1 aromatic carbocycles. The van der Waals surface area contributed by atoms with Gasteiger partial charge in [-0.15, -0.1) is 11.3 Å². The highest BCUT2D eigenvalue weighted by Gasteiger charge is 2.15. The van der Waals surface area contributed by atoms with Crippen LogP contribution in [0.25, 0.3) is 0 Å². The first-order valence-electron chi connectivity index (χ1n) is 6.46. The Balaban J connectivity index is 2.16. The first-order valence-corrected chi connectivity index (χ1v) is 7.34. The topological polar surface area (TPSA) is 56.5 Å². The summed E-state index contributed by atoms with van der Waals surface area (Å²) >= 11 is 1.73. The summed E-state index contributed by atoms with van der Waals surface area (Å²) in [6.45, 7) is 1.29. The number of methoxy groups -OCH3 is 2. The summed E-state index contributed by atoms with van der Waals surface area (Å²) in [6, 6.07) is 9.94. The molecule has 0 bridgehead atoms. The Kier molecular flexibility index (Phi) is 5.40. The van der Waals surface area contributed by atoms with Crippen LogP contribution in [0.4, 0.5) is 0 Å². The van der Waals surface area contributed by atoms with Gasteiger partial charge in [0.2, 0.25) is 0 Å². The lowest BCUT2D eigenvalue weighted by Crippen LogP contribution is -2.28. The van der Waals surface area contributed by atoms with E-state index in [-0.39, 0.29) is 6.04 Å². The molecular weight excluding hydrogens is 272 g/mol. The van der Waals surface area contributed by atoms with E-state index in [0.29, 0.717) is 6.54 Å². The number of nitrogens with one attached hydrogen (secondary N) is 1. The van der Waals surface area contributed by atoms with Crippen LogP contribution in [0.1, 0.15) is 16.5 Å². The Hall–Kier alpha value is -1.56. The van der Waals surface area contributed by atoms with Gasteiger partial charge in [-0.1, -0.05) is 6.07 Å². The number of thiophene rings is 1. The van der Waals surface area contributed by atoms with Crippen LogP contribution in [0.5, 0.6) is 11.5 Å². The smallest absolute Gasteiger partial charge is 0.123 e. The fourth-order valence-electron chi connectivity index (χ4n) is 2.07. The van der Waals surface area contributed by atoms with Crippen LogP contribution >= 0.6 is 11.3 Å². The zero-order valence-corrected chi connectivity index (χ0v) is 12.6. The number of ether oxygens (including phenoxy) is 2. The molecule has 3 N–H and O–H groups in total. The first-order chi connectivity index (χ1) is 9.78. The van der Waals surface area contributed by atoms with Crippen molar-refractivity contribution in [2.45, 2.75) is 12.6 Å². The van der Waals surface area contributed by atoms with Gasteiger partial charge in [-0.05, 0) is 29.6 Å². The highest BCUT2D eigenvalue weighted by Crippen LogP contribution is 2.29. The third-order valence-electron chi connectivity index (χ3n) is 3.15. The summed E-state index contributed by atoms with van der Waals surface area (Å²) in [4.78, 5) is 1.28. The van der Waals surface area contributed by atoms with Crippen LogP contribution < -0.4 is 20.5 Å². The summed E-state index contributed by atoms with van der Waals surface area (Å²) in [5.41, 5.74) is 6.92. The lowest BCUT2D eigenvalue weighted by atomic mass is 10.1. The van der Waals surface area contributed by atoms with Crippen LogP contribution in [-0.2, 0) is 6.54 Å². The average Bonchev–Trinajstić information content (AvgIpc) is 3.01. The first kappa shape index (κ1) is 14.8. The van der Waals surface area contributed by atoms with E-state index in [1.807, 2.05) is 24.3 Å². The van der Waals surface area contributed by atoms with Gasteiger partial charge >= 0.3 is 0 Å². The third-order valence-corrected chi connectivity index (χ3v) is 4.03. The standard InChI is InChI=1S/C15H20N2O2S/c1-18-11-5-6-15(19-2)13(8-11)14(9-16)17-10-12-4-3-7-20-12/h3-8,14,17H,9-10,16H2,1-2H3. The largest absolute Gasteiger partial charge is 0.497 e. The van der Waals surface area contributed by atoms with Gasteiger partial charge in [0, 0.05) is 29.6 Å². The Morgan fingerprint density at radius 2 is 2.10 bits per heavy atom. The van der Waals surface area contributed by atoms with Crippen LogP contribution in [0.2, 0.25) is 0 Å². The van der Waals surface area contributed by atoms with Gasteiger partial charge in [-0.25, -0.2) is 0 Å². The van der Waals surface area contributed by atoms with Gasteiger partial charge in [-0.2, -0.15) is 0 Å². The number of benzene rings is 1. The average molecular weight is 292 g/mol. The van der Waals surface area contributed by atoms with Crippen LogP contribution in [0.3, 0.4) is 0 Å². The second kappa shape index (κ2) is 7.28. The van der Waals surface area contributed by atoms with Gasteiger partial charge in [0.05, 0.1) is 14.2 Å². The van der Waals surface area contributed by atoms with E-state index in [4.69, 9.17) is 15.2 Å². The maximum Gasteiger partial charge on any atom is 0.123 e. The van der Waals surface area contributed by atoms with Gasteiger partial charge < -0.3 is 20.5 Å². The molecule has 1 unspecified atom stereocenters. The van der Waals surface area contributed by atoms with Crippen molar-refractivity contribution in [3.05, 3.63) is 46.2 Å². The molecule has 2 rings (SSSR count). The normalized spacial score (nSPS) is 12.2. The van der Waals surface area contributed by atoms with E-state index in [0.717, 1.165) is 23.6 Å². The molecule has 0 spiro atoms. The van der Waals surface area contributed by atoms with Crippen molar-refractivity contribution in [1.82, 2.24) is 5.32 Å². The highest BCUT2D eigenvalue weighted by atomic mass is 32.1. The van der Waals surface area contributed by atoms with Crippen LogP contribution in [0, 0.1) is 0 Å². The minimum atomic E-state index is 0.0298. The Morgan fingerprint density at radius 3 is 2.70 bits per heavy atom. The predicted molar refractivity (Wildman–Crippen MR) is 82.5 cm³/mol. The number of rotatable bonds is 7. The van der Waals surface area contributed by atoms with Gasteiger partial charge in [0.15, 0.2) is 0 Å². The molecule has 0 saturated carbocycles. The van der Waals surface area contributed by atoms with Crippen molar-refractivity contribution in [3.63, 3.8) is 0 Å². The molecule has 1 heterocycles. The highest BCUT2D eigenvalue weighted by molar-refractivity contribution is 7.09. The van der Waals surface area contributed by atoms with E-state index in [1.54, 1.807) is 25.6 Å². The molecule has 1 aromatic heterocycles. The predicted octanol–water partition coefficient (Wildman–Crippen LogP) is 2.55. The molecule has 0 aliphatic rings. The lowest BCUT2D eigenvalue weighted by molar-refractivity contribution is 0.389. The minimum Gasteiger partial charge on any atom is -0.497 e. The van der Waals surface area contributed by atoms with Crippen molar-refractivity contribution in [3.8, 4) is 11.5 Å². The number of nitrogens with two attached hydrogens (primary N) is 1. The van der Waals surface area contributed by atoms with Crippen molar-refractivity contribution >= 4 is 11.3 Å². The molecule has 0 amide bonds. The summed E-state index contributed by atoms with van der Waals surface area (Å²) in [7, 11) is 3.32. The molecule has 0 fully saturated rings. The molecule has 5 heteroatoms. The van der Waals surface area contributed by atoms with E-state index >= 15 is 0 Å². The fraction of sp³-hybridized carbons (Fsp3) is 0.333. The molecule has 0 aliphatic carbocycles. The van der Waals surface area contributed by atoms with Crippen molar-refractivity contribution < 1.29 is 9.47 Å². The van der Waals surface area contributed by atoms with Gasteiger partial charge in [0.1, 0.15) is 11.5 Å². The van der Waals surface area contributed by atoms with Crippen LogP contribution in [-0.4, -0.2) is 20.8 Å². The summed E-state index contributed by atoms with van der Waals surface area (Å²) < 4.78 is 10.7. The van der Waals surface area contributed by atoms with Crippen LogP contribution in [0.15, 0.2) is 35.7 Å². The zero-order chi connectivity index (χ0) is 14.4. The number of hydrogen-bond donors (Lipinski definition) is 2. The summed E-state index contributed by atoms with van der Waals surface area (Å²) in [5, 5.41) is 5.53. The maximum atomic E-state index is 5.90. The molecule has 20 heavy (non-hydrogen) atoms. The van der Waals surface area contributed by atoms with E-state index in [9.17, 15) is 0 Å². The van der Waals surface area contributed by atoms with E-state index in [2.05, 4.69) is 16.8 Å². The van der Waals surface area contributed by atoms with E-state index in [1.165, 1.54) is 4.88 Å². The molecule has 4 nitrogen and oxygen atoms in total. The number of hydrogen-bond acceptors (Lipinski definition) is 5. The Morgan fingerprint density at radius 1 is 1.25 bits per heavy atom. The molecule has 1 atom stereocenters. The monoisotopic (exact) mass is 292 g/mol. The molecule has 2 aromatic rings. The Labute approximate surface area is 123 Å². The molecule has 0 saturated heterocycles.